The first-order valence-electron chi connectivity index (χ1n) is 8.48. The monoisotopic (exact) mass is 322 g/mol. The summed E-state index contributed by atoms with van der Waals surface area (Å²) in [6.45, 7) is 10.6. The minimum Gasteiger partial charge on any atom is -0.493 e. The average Bonchev–Trinajstić information content (AvgIpc) is 2.59. The molecular formula is C18H30N2O3. The Bertz CT molecular complexity index is 473. The number of rotatable bonds is 11. The van der Waals surface area contributed by atoms with Gasteiger partial charge >= 0.3 is 0 Å². The lowest BCUT2D eigenvalue weighted by atomic mass is 10.1. The molecule has 0 fully saturated rings. The van der Waals surface area contributed by atoms with Gasteiger partial charge in [0.05, 0.1) is 19.3 Å². The summed E-state index contributed by atoms with van der Waals surface area (Å²) < 4.78 is 11.0. The molecule has 1 rings (SSSR count). The maximum atomic E-state index is 12.4. The summed E-state index contributed by atoms with van der Waals surface area (Å²) in [5, 5.41) is 2.97. The van der Waals surface area contributed by atoms with Gasteiger partial charge in [0.1, 0.15) is 0 Å². The van der Waals surface area contributed by atoms with E-state index in [4.69, 9.17) is 9.47 Å². The molecule has 0 unspecified atom stereocenters. The van der Waals surface area contributed by atoms with Crippen molar-refractivity contribution in [3.63, 3.8) is 0 Å². The summed E-state index contributed by atoms with van der Waals surface area (Å²) in [4.78, 5) is 14.8. The predicted octanol–water partition coefficient (Wildman–Crippen LogP) is 2.95. The molecule has 0 radical (unpaired) electrons. The number of nitrogens with one attached hydrogen (secondary N) is 1. The van der Waals surface area contributed by atoms with Crippen LogP contribution in [0.15, 0.2) is 18.2 Å². The zero-order chi connectivity index (χ0) is 17.1. The van der Waals surface area contributed by atoms with Gasteiger partial charge in [0, 0.05) is 6.54 Å². The lowest BCUT2D eigenvalue weighted by Crippen LogP contribution is -2.30. The summed E-state index contributed by atoms with van der Waals surface area (Å²) in [5.41, 5.74) is 0.528. The minimum absolute atomic E-state index is 0.116. The third kappa shape index (κ3) is 6.10. The van der Waals surface area contributed by atoms with E-state index in [0.717, 1.165) is 32.5 Å². The van der Waals surface area contributed by atoms with Crippen LogP contribution in [0, 0.1) is 0 Å². The van der Waals surface area contributed by atoms with E-state index in [2.05, 4.69) is 24.1 Å². The zero-order valence-corrected chi connectivity index (χ0v) is 14.9. The standard InChI is InChI=1S/C18H30N2O3/c1-5-14-23-17-15(10-8-11-16(17)22-4)18(21)19-12-9-13-20(6-2)7-3/h8,10-11H,5-7,9,12-14H2,1-4H3,(H,19,21). The van der Waals surface area contributed by atoms with Gasteiger partial charge in [0.15, 0.2) is 11.5 Å². The predicted molar refractivity (Wildman–Crippen MR) is 93.5 cm³/mol. The summed E-state index contributed by atoms with van der Waals surface area (Å²) in [6, 6.07) is 5.39. The number of hydrogen-bond acceptors (Lipinski definition) is 4. The molecule has 0 aliphatic rings. The van der Waals surface area contributed by atoms with Gasteiger partial charge < -0.3 is 19.7 Å². The van der Waals surface area contributed by atoms with Crippen LogP contribution in [0.3, 0.4) is 0 Å². The third-order valence-corrected chi connectivity index (χ3v) is 3.73. The van der Waals surface area contributed by atoms with Gasteiger partial charge in [-0.05, 0) is 44.6 Å². The van der Waals surface area contributed by atoms with Crippen LogP contribution in [0.1, 0.15) is 44.0 Å². The van der Waals surface area contributed by atoms with Gasteiger partial charge in [0.25, 0.3) is 5.91 Å². The Morgan fingerprint density at radius 3 is 2.57 bits per heavy atom. The lowest BCUT2D eigenvalue weighted by Gasteiger charge is -2.18. The Morgan fingerprint density at radius 1 is 1.22 bits per heavy atom. The van der Waals surface area contributed by atoms with Crippen molar-refractivity contribution in [1.29, 1.82) is 0 Å². The van der Waals surface area contributed by atoms with Crippen LogP contribution in [-0.2, 0) is 0 Å². The number of ether oxygens (including phenoxy) is 2. The Kier molecular flexibility index (Phi) is 9.14. The first-order chi connectivity index (χ1) is 11.2. The molecule has 130 valence electrons. The molecule has 1 aromatic carbocycles. The highest BCUT2D eigenvalue weighted by atomic mass is 16.5. The van der Waals surface area contributed by atoms with E-state index >= 15 is 0 Å². The molecule has 0 saturated heterocycles. The zero-order valence-electron chi connectivity index (χ0n) is 14.9. The molecule has 23 heavy (non-hydrogen) atoms. The summed E-state index contributed by atoms with van der Waals surface area (Å²) in [6.07, 6.45) is 1.81. The fourth-order valence-electron chi connectivity index (χ4n) is 2.35. The maximum absolute atomic E-state index is 12.4. The second-order valence-electron chi connectivity index (χ2n) is 5.32. The molecule has 0 saturated carbocycles. The molecule has 5 nitrogen and oxygen atoms in total. The lowest BCUT2D eigenvalue weighted by molar-refractivity contribution is 0.0947. The Labute approximate surface area is 140 Å². The average molecular weight is 322 g/mol. The highest BCUT2D eigenvalue weighted by Gasteiger charge is 2.16. The summed E-state index contributed by atoms with van der Waals surface area (Å²) in [7, 11) is 1.58. The molecule has 0 spiro atoms. The van der Waals surface area contributed by atoms with E-state index < -0.39 is 0 Å². The van der Waals surface area contributed by atoms with Crippen molar-refractivity contribution in [1.82, 2.24) is 10.2 Å². The van der Waals surface area contributed by atoms with E-state index in [-0.39, 0.29) is 5.91 Å². The molecule has 0 heterocycles. The second kappa shape index (κ2) is 10.9. The third-order valence-electron chi connectivity index (χ3n) is 3.73. The molecule has 0 aliphatic carbocycles. The first kappa shape index (κ1) is 19.3. The van der Waals surface area contributed by atoms with E-state index in [1.54, 1.807) is 13.2 Å². The van der Waals surface area contributed by atoms with Crippen LogP contribution in [-0.4, -0.2) is 50.7 Å². The number of amides is 1. The molecule has 0 aliphatic heterocycles. The van der Waals surface area contributed by atoms with Crippen molar-refractivity contribution in [2.45, 2.75) is 33.6 Å². The number of benzene rings is 1. The van der Waals surface area contributed by atoms with Gasteiger partial charge in [-0.2, -0.15) is 0 Å². The number of methoxy groups -OCH3 is 1. The molecule has 0 bridgehead atoms. The first-order valence-corrected chi connectivity index (χ1v) is 8.48. The number of hydrogen-bond donors (Lipinski definition) is 1. The molecule has 5 heteroatoms. The Morgan fingerprint density at radius 2 is 1.96 bits per heavy atom. The number of nitrogens with zero attached hydrogens (tertiary/aromatic N) is 1. The van der Waals surface area contributed by atoms with Crippen molar-refractivity contribution in [3.8, 4) is 11.5 Å². The van der Waals surface area contributed by atoms with Crippen molar-refractivity contribution in [3.05, 3.63) is 23.8 Å². The van der Waals surface area contributed by atoms with E-state index in [1.165, 1.54) is 0 Å². The van der Waals surface area contributed by atoms with Crippen LogP contribution < -0.4 is 14.8 Å². The highest BCUT2D eigenvalue weighted by Crippen LogP contribution is 2.31. The van der Waals surface area contributed by atoms with Crippen LogP contribution in [0.25, 0.3) is 0 Å². The van der Waals surface area contributed by atoms with Crippen LogP contribution >= 0.6 is 0 Å². The van der Waals surface area contributed by atoms with Crippen molar-refractivity contribution in [2.75, 3.05) is 39.9 Å². The summed E-state index contributed by atoms with van der Waals surface area (Å²) >= 11 is 0. The molecule has 1 aromatic rings. The topological polar surface area (TPSA) is 50.8 Å². The van der Waals surface area contributed by atoms with Crippen molar-refractivity contribution >= 4 is 5.91 Å². The van der Waals surface area contributed by atoms with Crippen LogP contribution in [0.2, 0.25) is 0 Å². The molecule has 1 N–H and O–H groups in total. The Hall–Kier alpha value is -1.75. The second-order valence-corrected chi connectivity index (χ2v) is 5.32. The fraction of sp³-hybridized carbons (Fsp3) is 0.611. The van der Waals surface area contributed by atoms with Crippen molar-refractivity contribution < 1.29 is 14.3 Å². The molecule has 0 atom stereocenters. The van der Waals surface area contributed by atoms with E-state index in [1.807, 2.05) is 19.1 Å². The van der Waals surface area contributed by atoms with Gasteiger partial charge in [-0.25, -0.2) is 0 Å². The number of para-hydroxylation sites is 1. The quantitative estimate of drug-likeness (QED) is 0.636. The molecule has 1 amide bonds. The fourth-order valence-corrected chi connectivity index (χ4v) is 2.35. The van der Waals surface area contributed by atoms with Crippen LogP contribution in [0.4, 0.5) is 0 Å². The van der Waals surface area contributed by atoms with Crippen LogP contribution in [0.5, 0.6) is 11.5 Å². The molecule has 0 aromatic heterocycles. The largest absolute Gasteiger partial charge is 0.493 e. The van der Waals surface area contributed by atoms with Gasteiger partial charge in [-0.1, -0.05) is 26.8 Å². The highest BCUT2D eigenvalue weighted by molar-refractivity contribution is 5.97. The smallest absolute Gasteiger partial charge is 0.255 e. The van der Waals surface area contributed by atoms with Gasteiger partial charge in [0.2, 0.25) is 0 Å². The van der Waals surface area contributed by atoms with Gasteiger partial charge in [-0.15, -0.1) is 0 Å². The SMILES string of the molecule is CCCOc1c(OC)cccc1C(=O)NCCCN(CC)CC. The van der Waals surface area contributed by atoms with E-state index in [9.17, 15) is 4.79 Å². The minimum atomic E-state index is -0.116. The van der Waals surface area contributed by atoms with E-state index in [0.29, 0.717) is 30.2 Å². The van der Waals surface area contributed by atoms with Gasteiger partial charge in [-0.3, -0.25) is 4.79 Å². The normalized spacial score (nSPS) is 10.7. The van der Waals surface area contributed by atoms with Crippen molar-refractivity contribution in [2.24, 2.45) is 0 Å². The number of carbonyl (C=O) groups is 1. The number of carbonyl (C=O) groups excluding carboxylic acids is 1. The maximum Gasteiger partial charge on any atom is 0.255 e. The summed E-state index contributed by atoms with van der Waals surface area (Å²) in [5.74, 6) is 1.00. The molecular weight excluding hydrogens is 292 g/mol. The Balaban J connectivity index is 2.64.